The molecule has 2 N–H and O–H groups in total. The zero-order chi connectivity index (χ0) is 23.8. The second-order valence-electron chi connectivity index (χ2n) is 9.15. The summed E-state index contributed by atoms with van der Waals surface area (Å²) in [6.45, 7) is 3.59. The van der Waals surface area contributed by atoms with Gasteiger partial charge in [0.25, 0.3) is 11.8 Å². The van der Waals surface area contributed by atoms with Crippen LogP contribution in [0.25, 0.3) is 0 Å². The van der Waals surface area contributed by atoms with Gasteiger partial charge in [-0.2, -0.15) is 0 Å². The lowest BCUT2D eigenvalue weighted by atomic mass is 9.95. The van der Waals surface area contributed by atoms with Crippen molar-refractivity contribution in [2.45, 2.75) is 44.6 Å². The number of nitrogens with zero attached hydrogens (tertiary/aromatic N) is 2. The van der Waals surface area contributed by atoms with Crippen molar-refractivity contribution in [2.24, 2.45) is 5.73 Å². The first-order valence-corrected chi connectivity index (χ1v) is 12.3. The Morgan fingerprint density at radius 2 is 1.85 bits per heavy atom. The van der Waals surface area contributed by atoms with E-state index in [1.165, 1.54) is 24.8 Å². The number of aryl methyl sites for hydroxylation is 1. The molecule has 4 rings (SSSR count). The molecule has 2 amide bonds. The van der Waals surface area contributed by atoms with Gasteiger partial charge in [-0.05, 0) is 74.5 Å². The lowest BCUT2D eigenvalue weighted by molar-refractivity contribution is -0.119. The van der Waals surface area contributed by atoms with Crippen molar-refractivity contribution in [2.75, 3.05) is 39.4 Å². The van der Waals surface area contributed by atoms with Crippen molar-refractivity contribution in [3.8, 4) is 11.5 Å². The summed E-state index contributed by atoms with van der Waals surface area (Å²) >= 11 is 0. The largest absolute Gasteiger partial charge is 0.494 e. The van der Waals surface area contributed by atoms with Crippen LogP contribution in [0.4, 0.5) is 0 Å². The Morgan fingerprint density at radius 1 is 0.971 bits per heavy atom. The molecule has 1 atom stereocenters. The molecule has 0 radical (unpaired) electrons. The maximum Gasteiger partial charge on any atom is 0.255 e. The first-order chi connectivity index (χ1) is 16.6. The molecule has 0 aromatic heterocycles. The Morgan fingerprint density at radius 3 is 2.74 bits per heavy atom. The Kier molecular flexibility index (Phi) is 8.41. The van der Waals surface area contributed by atoms with E-state index in [4.69, 9.17) is 15.2 Å². The third-order valence-corrected chi connectivity index (χ3v) is 6.66. The monoisotopic (exact) mass is 465 g/mol. The average Bonchev–Trinajstić information content (AvgIpc) is 2.86. The van der Waals surface area contributed by atoms with E-state index >= 15 is 0 Å². The Balaban J connectivity index is 1.49. The summed E-state index contributed by atoms with van der Waals surface area (Å²) in [7, 11) is 0. The summed E-state index contributed by atoms with van der Waals surface area (Å²) in [6.07, 6.45) is 6.61. The third kappa shape index (κ3) is 6.73. The molecular weight excluding hydrogens is 430 g/mol. The molecule has 1 saturated heterocycles. The van der Waals surface area contributed by atoms with E-state index in [0.717, 1.165) is 38.1 Å². The van der Waals surface area contributed by atoms with E-state index in [1.807, 2.05) is 11.0 Å². The Bertz CT molecular complexity index is 980. The second kappa shape index (κ2) is 11.9. The predicted molar refractivity (Wildman–Crippen MR) is 131 cm³/mol. The molecule has 0 spiro atoms. The van der Waals surface area contributed by atoms with Crippen molar-refractivity contribution < 1.29 is 19.1 Å². The van der Waals surface area contributed by atoms with Gasteiger partial charge in [0, 0.05) is 31.2 Å². The summed E-state index contributed by atoms with van der Waals surface area (Å²) < 4.78 is 11.4. The molecule has 2 aliphatic heterocycles. The highest BCUT2D eigenvalue weighted by Crippen LogP contribution is 2.23. The number of nitrogens with two attached hydrogens (primary N) is 1. The van der Waals surface area contributed by atoms with Crippen LogP contribution in [0.15, 0.2) is 48.5 Å². The minimum atomic E-state index is -0.548. The summed E-state index contributed by atoms with van der Waals surface area (Å²) in [5, 5.41) is 0. The van der Waals surface area contributed by atoms with Crippen molar-refractivity contribution in [3.05, 3.63) is 59.7 Å². The highest BCUT2D eigenvalue weighted by molar-refractivity contribution is 5.94. The number of carbonyl (C=O) groups is 2. The van der Waals surface area contributed by atoms with E-state index in [9.17, 15) is 9.59 Å². The number of amides is 2. The highest BCUT2D eigenvalue weighted by Gasteiger charge is 2.24. The Hall–Kier alpha value is -3.06. The van der Waals surface area contributed by atoms with Crippen LogP contribution in [-0.2, 0) is 11.2 Å². The minimum absolute atomic E-state index is 0.0350. The topological polar surface area (TPSA) is 85.1 Å². The van der Waals surface area contributed by atoms with Crippen molar-refractivity contribution in [1.82, 2.24) is 9.80 Å². The first kappa shape index (κ1) is 24.1. The van der Waals surface area contributed by atoms with Gasteiger partial charge in [0.15, 0.2) is 6.61 Å². The van der Waals surface area contributed by atoms with Gasteiger partial charge in [-0.1, -0.05) is 24.6 Å². The van der Waals surface area contributed by atoms with Crippen LogP contribution in [0, 0.1) is 0 Å². The summed E-state index contributed by atoms with van der Waals surface area (Å²) in [6, 6.07) is 15.9. The fourth-order valence-electron chi connectivity index (χ4n) is 4.87. The fraction of sp³-hybridized carbons (Fsp3) is 0.481. The molecule has 0 saturated carbocycles. The van der Waals surface area contributed by atoms with Gasteiger partial charge < -0.3 is 20.1 Å². The molecule has 34 heavy (non-hydrogen) atoms. The van der Waals surface area contributed by atoms with Gasteiger partial charge in [-0.25, -0.2) is 0 Å². The van der Waals surface area contributed by atoms with Crippen LogP contribution >= 0.6 is 0 Å². The van der Waals surface area contributed by atoms with Gasteiger partial charge in [0.1, 0.15) is 11.5 Å². The Labute approximate surface area is 201 Å². The van der Waals surface area contributed by atoms with E-state index in [1.54, 1.807) is 24.3 Å². The van der Waals surface area contributed by atoms with Crippen LogP contribution in [0.1, 0.15) is 48.0 Å². The molecular formula is C27H35N3O4. The summed E-state index contributed by atoms with van der Waals surface area (Å²) in [4.78, 5) is 29.0. The molecule has 2 aliphatic rings. The number of piperidine rings is 1. The lowest BCUT2D eigenvalue weighted by Gasteiger charge is -2.37. The molecule has 0 aliphatic carbocycles. The molecule has 7 nitrogen and oxygen atoms in total. The molecule has 2 bridgehead atoms. The molecule has 2 aromatic carbocycles. The van der Waals surface area contributed by atoms with Crippen LogP contribution in [0.2, 0.25) is 0 Å². The average molecular weight is 466 g/mol. The molecule has 182 valence electrons. The molecule has 1 fully saturated rings. The van der Waals surface area contributed by atoms with Gasteiger partial charge in [-0.3, -0.25) is 14.5 Å². The maximum absolute atomic E-state index is 13.5. The second-order valence-corrected chi connectivity index (χ2v) is 9.15. The van der Waals surface area contributed by atoms with Crippen LogP contribution in [0.5, 0.6) is 11.5 Å². The zero-order valence-corrected chi connectivity index (χ0v) is 19.8. The van der Waals surface area contributed by atoms with Gasteiger partial charge in [-0.15, -0.1) is 0 Å². The van der Waals surface area contributed by atoms with Crippen molar-refractivity contribution in [3.63, 3.8) is 0 Å². The molecule has 2 heterocycles. The van der Waals surface area contributed by atoms with Gasteiger partial charge in [0.05, 0.1) is 6.61 Å². The van der Waals surface area contributed by atoms with Crippen LogP contribution in [0.3, 0.4) is 0 Å². The maximum atomic E-state index is 13.5. The zero-order valence-electron chi connectivity index (χ0n) is 19.8. The van der Waals surface area contributed by atoms with Crippen molar-refractivity contribution in [1.29, 1.82) is 0 Å². The number of benzene rings is 2. The number of fused-ring (bicyclic) bond motifs is 3. The number of hydrogen-bond acceptors (Lipinski definition) is 5. The number of ether oxygens (including phenoxy) is 2. The predicted octanol–water partition coefficient (Wildman–Crippen LogP) is 3.26. The van der Waals surface area contributed by atoms with E-state index in [-0.39, 0.29) is 12.5 Å². The summed E-state index contributed by atoms with van der Waals surface area (Å²) in [5.74, 6) is 0.776. The number of primary amides is 1. The fourth-order valence-corrected chi connectivity index (χ4v) is 4.87. The smallest absolute Gasteiger partial charge is 0.255 e. The standard InChI is InChI=1S/C27H35N3O4/c28-26(31)20-34-25-10-4-7-22(19-25)27(32)30-14-5-17-33-24-9-3-6-21(18-24)11-12-23-8-1-2-13-29(23)15-16-30/h3-4,6-7,9-10,18-19,23H,1-2,5,8,11-17,20H2,(H2,28,31). The first-order valence-electron chi connectivity index (χ1n) is 12.3. The quantitative estimate of drug-likeness (QED) is 0.749. The number of rotatable bonds is 4. The normalized spacial score (nSPS) is 19.9. The van der Waals surface area contributed by atoms with Crippen molar-refractivity contribution >= 4 is 11.8 Å². The SMILES string of the molecule is NC(=O)COc1cccc(C(=O)N2CCCOc3cccc(c3)CCC3CCCCN3CC2)c1. The minimum Gasteiger partial charge on any atom is -0.494 e. The molecule has 1 unspecified atom stereocenters. The highest BCUT2D eigenvalue weighted by atomic mass is 16.5. The number of hydrogen-bond donors (Lipinski definition) is 1. The summed E-state index contributed by atoms with van der Waals surface area (Å²) in [5.41, 5.74) is 7.05. The van der Waals surface area contributed by atoms with Crippen LogP contribution in [-0.4, -0.2) is 67.0 Å². The number of carbonyl (C=O) groups excluding carboxylic acids is 2. The van der Waals surface area contributed by atoms with Crippen LogP contribution < -0.4 is 15.2 Å². The van der Waals surface area contributed by atoms with E-state index in [2.05, 4.69) is 23.1 Å². The van der Waals surface area contributed by atoms with Gasteiger partial charge in [0.2, 0.25) is 0 Å². The van der Waals surface area contributed by atoms with Gasteiger partial charge >= 0.3 is 0 Å². The van der Waals surface area contributed by atoms with E-state index in [0.29, 0.717) is 37.1 Å². The van der Waals surface area contributed by atoms with E-state index < -0.39 is 5.91 Å². The lowest BCUT2D eigenvalue weighted by Crippen LogP contribution is -2.45. The molecule has 7 heteroatoms. The third-order valence-electron chi connectivity index (χ3n) is 6.66. The molecule has 2 aromatic rings.